The first-order valence-electron chi connectivity index (χ1n) is 4.70. The molecule has 0 radical (unpaired) electrons. The van der Waals surface area contributed by atoms with Gasteiger partial charge in [0.25, 0.3) is 0 Å². The van der Waals surface area contributed by atoms with E-state index in [9.17, 15) is 0 Å². The van der Waals surface area contributed by atoms with E-state index in [-0.39, 0.29) is 22.3 Å². The minimum atomic E-state index is 0. The van der Waals surface area contributed by atoms with Gasteiger partial charge >= 0.3 is 30.4 Å². The molecule has 0 aliphatic carbocycles. The standard InChI is InChI=1S/C11H14O.3CH3.2Rh/c1-2-5-10(6-3-1)11-7-4-8-12-9-11;;;;;/h1-3,5-6,11H,4,7-9H2;3*1H3;;/q;3*-1;;/t11-;;;;;/m1...../s1. The number of benzene rings is 1. The van der Waals surface area contributed by atoms with Gasteiger partial charge in [-0.15, -0.1) is 0 Å². The average molecular weight is 413 g/mol. The summed E-state index contributed by atoms with van der Waals surface area (Å²) in [7, 11) is 0. The molecule has 1 saturated heterocycles. The van der Waals surface area contributed by atoms with Crippen LogP contribution in [0.5, 0.6) is 0 Å². The summed E-state index contributed by atoms with van der Waals surface area (Å²) in [4.78, 5) is 0. The molecule has 1 aliphatic rings. The van der Waals surface area contributed by atoms with Crippen LogP contribution in [0.15, 0.2) is 30.3 Å². The second kappa shape index (κ2) is 14.5. The van der Waals surface area contributed by atoms with Crippen LogP contribution < -0.4 is 0 Å². The molecule has 3 heteroatoms. The Labute approximate surface area is 125 Å². The molecule has 0 N–H and O–H groups in total. The van der Waals surface area contributed by atoms with Crippen molar-refractivity contribution >= 4 is 0 Å². The zero-order valence-electron chi connectivity index (χ0n) is 10.9. The first kappa shape index (κ1) is 22.6. The van der Waals surface area contributed by atoms with E-state index in [0.29, 0.717) is 5.92 Å². The van der Waals surface area contributed by atoms with Crippen LogP contribution in [-0.2, 0) is 35.2 Å². The molecule has 0 unspecified atom stereocenters. The van der Waals surface area contributed by atoms with E-state index >= 15 is 0 Å². The third kappa shape index (κ3) is 8.19. The molecule has 0 amide bonds. The summed E-state index contributed by atoms with van der Waals surface area (Å²) >= 11 is 4.88. The molecule has 0 aromatic heterocycles. The minimum Gasteiger partial charge on any atom is -0.381 e. The quantitative estimate of drug-likeness (QED) is 0.501. The first-order valence-corrected chi connectivity index (χ1v) is 8.48. The molecule has 1 aliphatic heterocycles. The Kier molecular flexibility index (Phi) is 19.3. The summed E-state index contributed by atoms with van der Waals surface area (Å²) in [5.74, 6) is 0.639. The molecule has 1 heterocycles. The minimum absolute atomic E-state index is 0. The van der Waals surface area contributed by atoms with Gasteiger partial charge in [0.2, 0.25) is 0 Å². The fourth-order valence-electron chi connectivity index (χ4n) is 1.73. The molecule has 0 saturated carbocycles. The van der Waals surface area contributed by atoms with E-state index < -0.39 is 0 Å². The smallest absolute Gasteiger partial charge is 0.0534 e. The second-order valence-electron chi connectivity index (χ2n) is 3.32. The van der Waals surface area contributed by atoms with E-state index in [4.69, 9.17) is 4.74 Å². The number of hydrogen-bond donors (Lipinski definition) is 0. The summed E-state index contributed by atoms with van der Waals surface area (Å²) in [5, 5.41) is 0. The predicted molar refractivity (Wildman–Crippen MR) is 68.5 cm³/mol. The molecule has 1 aromatic carbocycles. The van der Waals surface area contributed by atoms with Gasteiger partial charge in [-0.3, -0.25) is 0 Å². The van der Waals surface area contributed by atoms with Crippen molar-refractivity contribution in [3.63, 3.8) is 0 Å². The van der Waals surface area contributed by atoms with Crippen LogP contribution >= 0.6 is 0 Å². The molecule has 106 valence electrons. The largest absolute Gasteiger partial charge is 0.381 e. The van der Waals surface area contributed by atoms with Gasteiger partial charge in [-0.1, -0.05) is 30.3 Å². The van der Waals surface area contributed by atoms with Crippen molar-refractivity contribution in [2.75, 3.05) is 13.2 Å². The maximum atomic E-state index is 5.44. The molecule has 1 atom stereocenters. The van der Waals surface area contributed by atoms with Gasteiger partial charge in [0.05, 0.1) is 6.61 Å². The molecular formula is C14H23ORh2-3. The van der Waals surface area contributed by atoms with Gasteiger partial charge in [0.1, 0.15) is 0 Å². The van der Waals surface area contributed by atoms with E-state index in [1.807, 2.05) is 0 Å². The average Bonchev–Trinajstić information content (AvgIpc) is 2.34. The van der Waals surface area contributed by atoms with E-state index in [1.165, 1.54) is 18.4 Å². The van der Waals surface area contributed by atoms with Crippen LogP contribution in [0.1, 0.15) is 24.3 Å². The van der Waals surface area contributed by atoms with Gasteiger partial charge in [0, 0.05) is 12.5 Å². The van der Waals surface area contributed by atoms with Crippen molar-refractivity contribution in [1.82, 2.24) is 0 Å². The Bertz CT molecular complexity index is 246. The Morgan fingerprint density at radius 1 is 1.00 bits per heavy atom. The fourth-order valence-corrected chi connectivity index (χ4v) is 1.73. The third-order valence-corrected chi connectivity index (χ3v) is 2.43. The Balaban J connectivity index is -0.000000373. The SMILES string of the molecule is [CH3-].[CH3-].[CH3-].[Rh]=[Rh].c1ccc([C@@H]2CCCOC2)cc1. The maximum absolute atomic E-state index is 5.44. The Hall–Kier alpha value is 0.427. The van der Waals surface area contributed by atoms with Crippen LogP contribution in [0.25, 0.3) is 0 Å². The van der Waals surface area contributed by atoms with Crippen LogP contribution in [0.3, 0.4) is 0 Å². The van der Waals surface area contributed by atoms with Crippen molar-refractivity contribution in [3.05, 3.63) is 58.2 Å². The van der Waals surface area contributed by atoms with E-state index in [2.05, 4.69) is 60.8 Å². The molecule has 1 aromatic rings. The number of ether oxygens (including phenoxy) is 1. The second-order valence-corrected chi connectivity index (χ2v) is 3.32. The summed E-state index contributed by atoms with van der Waals surface area (Å²) in [6.45, 7) is 1.85. The van der Waals surface area contributed by atoms with Crippen molar-refractivity contribution < 1.29 is 35.2 Å². The van der Waals surface area contributed by atoms with Gasteiger partial charge in [-0.2, -0.15) is 0 Å². The molecule has 1 fully saturated rings. The fraction of sp³-hybridized carbons (Fsp3) is 0.357. The monoisotopic (exact) mass is 413 g/mol. The zero-order chi connectivity index (χ0) is 10.2. The molecule has 17 heavy (non-hydrogen) atoms. The molecule has 0 spiro atoms. The van der Waals surface area contributed by atoms with Gasteiger partial charge < -0.3 is 27.0 Å². The maximum Gasteiger partial charge on any atom is 0.0534 e. The van der Waals surface area contributed by atoms with Crippen LogP contribution in [-0.4, -0.2) is 13.2 Å². The van der Waals surface area contributed by atoms with Crippen LogP contribution in [0, 0.1) is 22.3 Å². The normalized spacial score (nSPS) is 17.2. The number of hydrogen-bond acceptors (Lipinski definition) is 1. The third-order valence-electron chi connectivity index (χ3n) is 2.43. The summed E-state index contributed by atoms with van der Waals surface area (Å²) in [6.07, 6.45) is 2.49. The van der Waals surface area contributed by atoms with Gasteiger partial charge in [-0.05, 0) is 18.4 Å². The molecule has 1 nitrogen and oxygen atoms in total. The summed E-state index contributed by atoms with van der Waals surface area (Å²) in [5.41, 5.74) is 1.43. The van der Waals surface area contributed by atoms with Crippen molar-refractivity contribution in [3.8, 4) is 0 Å². The number of rotatable bonds is 1. The van der Waals surface area contributed by atoms with Crippen molar-refractivity contribution in [1.29, 1.82) is 0 Å². The van der Waals surface area contributed by atoms with Crippen LogP contribution in [0.4, 0.5) is 0 Å². The topological polar surface area (TPSA) is 9.23 Å². The summed E-state index contributed by atoms with van der Waals surface area (Å²) in [6, 6.07) is 10.7. The Morgan fingerprint density at radius 2 is 1.59 bits per heavy atom. The van der Waals surface area contributed by atoms with E-state index in [1.54, 1.807) is 0 Å². The molecular weight excluding hydrogens is 390 g/mol. The molecule has 0 bridgehead atoms. The van der Waals surface area contributed by atoms with Gasteiger partial charge in [0.15, 0.2) is 0 Å². The predicted octanol–water partition coefficient (Wildman–Crippen LogP) is 3.93. The summed E-state index contributed by atoms with van der Waals surface area (Å²) < 4.78 is 5.44. The zero-order valence-corrected chi connectivity index (χ0v) is 14.1. The van der Waals surface area contributed by atoms with Crippen molar-refractivity contribution in [2.24, 2.45) is 0 Å². The van der Waals surface area contributed by atoms with Crippen LogP contribution in [0.2, 0.25) is 0 Å². The first-order chi connectivity index (χ1) is 6.97. The van der Waals surface area contributed by atoms with Crippen molar-refractivity contribution in [2.45, 2.75) is 18.8 Å². The Morgan fingerprint density at radius 3 is 2.06 bits per heavy atom. The molecule has 2 rings (SSSR count). The van der Waals surface area contributed by atoms with Gasteiger partial charge in [-0.25, -0.2) is 0 Å². The van der Waals surface area contributed by atoms with E-state index in [0.717, 1.165) is 13.2 Å².